The van der Waals surface area contributed by atoms with E-state index in [4.69, 9.17) is 23.7 Å². The van der Waals surface area contributed by atoms with Crippen LogP contribution in [0.3, 0.4) is 0 Å². The molecule has 1 aromatic carbocycles. The fourth-order valence-electron chi connectivity index (χ4n) is 6.69. The van der Waals surface area contributed by atoms with Crippen molar-refractivity contribution in [2.75, 3.05) is 33.6 Å². The third-order valence-corrected chi connectivity index (χ3v) is 8.05. The van der Waals surface area contributed by atoms with Crippen LogP contribution in [0.2, 0.25) is 0 Å². The molecule has 1 fully saturated rings. The largest absolute Gasteiger partial charge is 0.497 e. The molecular weight excluding hydrogens is 494 g/mol. The fourth-order valence-corrected chi connectivity index (χ4v) is 6.69. The van der Waals surface area contributed by atoms with E-state index in [1.807, 2.05) is 12.1 Å². The molecule has 5 rings (SSSR count). The molecule has 0 saturated carbocycles. The molecule has 0 amide bonds. The molecule has 3 heterocycles. The Balaban J connectivity index is 1.54. The van der Waals surface area contributed by atoms with Gasteiger partial charge >= 0.3 is 11.9 Å². The minimum atomic E-state index is -2.29. The van der Waals surface area contributed by atoms with Gasteiger partial charge in [0.1, 0.15) is 5.76 Å². The van der Waals surface area contributed by atoms with E-state index in [1.165, 1.54) is 21.0 Å². The molecule has 4 aliphatic rings. The van der Waals surface area contributed by atoms with Crippen LogP contribution >= 0.6 is 0 Å². The molecule has 0 bridgehead atoms. The van der Waals surface area contributed by atoms with Crippen molar-refractivity contribution in [1.82, 2.24) is 4.90 Å². The summed E-state index contributed by atoms with van der Waals surface area (Å²) in [6.45, 7) is 6.53. The van der Waals surface area contributed by atoms with E-state index in [2.05, 4.69) is 11.0 Å². The summed E-state index contributed by atoms with van der Waals surface area (Å²) in [5.74, 6) is -0.264. The highest BCUT2D eigenvalue weighted by Gasteiger charge is 2.59. The van der Waals surface area contributed by atoms with Gasteiger partial charge in [0.25, 0.3) is 0 Å². The molecule has 0 aromatic heterocycles. The molecule has 1 aromatic rings. The number of carbonyl (C=O) groups is 2. The van der Waals surface area contributed by atoms with E-state index in [-0.39, 0.29) is 19.3 Å². The summed E-state index contributed by atoms with van der Waals surface area (Å²) in [5.41, 5.74) is -2.12. The predicted molar refractivity (Wildman–Crippen MR) is 135 cm³/mol. The Hall–Kier alpha value is -2.82. The number of hydrogen-bond donors (Lipinski definition) is 2. The zero-order chi connectivity index (χ0) is 27.3. The molecule has 38 heavy (non-hydrogen) atoms. The summed E-state index contributed by atoms with van der Waals surface area (Å²) in [7, 11) is 1.54. The number of methoxy groups -OCH3 is 1. The summed E-state index contributed by atoms with van der Waals surface area (Å²) >= 11 is 0. The molecule has 208 valence electrons. The van der Waals surface area contributed by atoms with Crippen molar-refractivity contribution < 1.29 is 43.5 Å². The smallest absolute Gasteiger partial charge is 0.339 e. The van der Waals surface area contributed by atoms with Gasteiger partial charge in [-0.25, -0.2) is 4.79 Å². The van der Waals surface area contributed by atoms with Gasteiger partial charge in [-0.15, -0.1) is 0 Å². The van der Waals surface area contributed by atoms with Crippen molar-refractivity contribution in [2.45, 2.75) is 81.6 Å². The Morgan fingerprint density at radius 1 is 1.18 bits per heavy atom. The third kappa shape index (κ3) is 4.63. The Kier molecular flexibility index (Phi) is 6.86. The summed E-state index contributed by atoms with van der Waals surface area (Å²) in [6, 6.07) is 3.98. The monoisotopic (exact) mass is 531 g/mol. The highest BCUT2D eigenvalue weighted by Crippen LogP contribution is 2.55. The lowest BCUT2D eigenvalue weighted by molar-refractivity contribution is -0.183. The van der Waals surface area contributed by atoms with Crippen LogP contribution in [0, 0.1) is 0 Å². The van der Waals surface area contributed by atoms with Crippen LogP contribution in [0.4, 0.5) is 0 Å². The highest BCUT2D eigenvalue weighted by atomic mass is 16.7. The van der Waals surface area contributed by atoms with Crippen LogP contribution in [-0.2, 0) is 30.2 Å². The Labute approximate surface area is 222 Å². The first-order valence-electron chi connectivity index (χ1n) is 13.3. The number of benzene rings is 1. The van der Waals surface area contributed by atoms with Crippen molar-refractivity contribution in [3.63, 3.8) is 0 Å². The second-order valence-corrected chi connectivity index (χ2v) is 11.3. The summed E-state index contributed by atoms with van der Waals surface area (Å²) in [5, 5.41) is 21.9. The predicted octanol–water partition coefficient (Wildman–Crippen LogP) is 2.19. The Bertz CT molecular complexity index is 1140. The van der Waals surface area contributed by atoms with Gasteiger partial charge in [0.15, 0.2) is 23.2 Å². The van der Waals surface area contributed by atoms with Crippen LogP contribution < -0.4 is 9.47 Å². The van der Waals surface area contributed by atoms with E-state index >= 15 is 0 Å². The van der Waals surface area contributed by atoms with E-state index in [0.29, 0.717) is 17.3 Å². The number of ether oxygens (including phenoxy) is 5. The second kappa shape index (κ2) is 9.73. The van der Waals surface area contributed by atoms with E-state index < -0.39 is 47.6 Å². The molecule has 10 nitrogen and oxygen atoms in total. The van der Waals surface area contributed by atoms with Crippen LogP contribution in [-0.4, -0.2) is 83.5 Å². The quantitative estimate of drug-likeness (QED) is 0.483. The van der Waals surface area contributed by atoms with Gasteiger partial charge in [0.05, 0.1) is 37.2 Å². The average molecular weight is 532 g/mol. The van der Waals surface area contributed by atoms with Crippen molar-refractivity contribution in [1.29, 1.82) is 0 Å². The van der Waals surface area contributed by atoms with Crippen molar-refractivity contribution in [3.8, 4) is 11.5 Å². The lowest BCUT2D eigenvalue weighted by atomic mass is 9.77. The van der Waals surface area contributed by atoms with Gasteiger partial charge in [0.2, 0.25) is 6.79 Å². The van der Waals surface area contributed by atoms with Gasteiger partial charge in [-0.1, -0.05) is 0 Å². The number of hydrogen-bond acceptors (Lipinski definition) is 10. The Morgan fingerprint density at radius 3 is 2.61 bits per heavy atom. The van der Waals surface area contributed by atoms with Crippen LogP contribution in [0.25, 0.3) is 0 Å². The minimum absolute atomic E-state index is 0.0962. The van der Waals surface area contributed by atoms with Gasteiger partial charge in [-0.05, 0) is 75.9 Å². The number of aliphatic hydroxyl groups is 2. The first-order valence-corrected chi connectivity index (χ1v) is 13.3. The van der Waals surface area contributed by atoms with Crippen LogP contribution in [0.5, 0.6) is 11.5 Å². The lowest BCUT2D eigenvalue weighted by Gasteiger charge is -2.40. The summed E-state index contributed by atoms with van der Waals surface area (Å²) in [6.07, 6.45) is 2.78. The van der Waals surface area contributed by atoms with Gasteiger partial charge in [-0.2, -0.15) is 0 Å². The second-order valence-electron chi connectivity index (χ2n) is 11.3. The molecule has 3 aliphatic heterocycles. The number of esters is 2. The van der Waals surface area contributed by atoms with Crippen LogP contribution in [0.15, 0.2) is 24.0 Å². The number of fused-ring (bicyclic) bond motifs is 3. The maximum absolute atomic E-state index is 13.7. The van der Waals surface area contributed by atoms with Crippen molar-refractivity contribution in [2.24, 2.45) is 0 Å². The minimum Gasteiger partial charge on any atom is -0.497 e. The average Bonchev–Trinajstić information content (AvgIpc) is 3.51. The van der Waals surface area contributed by atoms with Crippen molar-refractivity contribution in [3.05, 3.63) is 35.1 Å². The van der Waals surface area contributed by atoms with E-state index in [9.17, 15) is 19.8 Å². The molecule has 0 radical (unpaired) electrons. The summed E-state index contributed by atoms with van der Waals surface area (Å²) < 4.78 is 28.2. The van der Waals surface area contributed by atoms with Crippen molar-refractivity contribution >= 4 is 11.9 Å². The first kappa shape index (κ1) is 26.8. The SMILES string of the molecule is CCOC(=O)C[C@](O)(CC(C)(C)O)C(=O)OC1C(OC)=CC23CCCN2CCc2cc4c(cc2[C@H]13)OCO4. The molecule has 10 heteroatoms. The topological polar surface area (TPSA) is 124 Å². The van der Waals surface area contributed by atoms with Crippen LogP contribution in [0.1, 0.15) is 63.5 Å². The van der Waals surface area contributed by atoms with Gasteiger partial charge in [-0.3, -0.25) is 9.69 Å². The molecule has 1 spiro atoms. The van der Waals surface area contributed by atoms with E-state index in [1.54, 1.807) is 6.92 Å². The standard InChI is InChI=1S/C28H37NO9/c1-5-35-22(30)14-28(33,15-26(2,3)32)25(31)38-24-21(34-4)13-27-8-6-9-29(27)10-7-17-11-19-20(37-16-36-19)12-18(17)23(24)27/h11-13,23-24,32-33H,5-10,14-16H2,1-4H3/t23-,24?,27?,28+/m1/s1. The number of carbonyl (C=O) groups excluding carboxylic acids is 2. The normalized spacial score (nSPS) is 27.4. The van der Waals surface area contributed by atoms with Gasteiger partial charge in [0, 0.05) is 13.0 Å². The summed E-state index contributed by atoms with van der Waals surface area (Å²) in [4.78, 5) is 28.5. The van der Waals surface area contributed by atoms with E-state index in [0.717, 1.165) is 43.5 Å². The first-order chi connectivity index (χ1) is 18.0. The Morgan fingerprint density at radius 2 is 1.92 bits per heavy atom. The molecule has 1 saturated heterocycles. The highest BCUT2D eigenvalue weighted by molar-refractivity contribution is 5.86. The third-order valence-electron chi connectivity index (χ3n) is 8.05. The maximum Gasteiger partial charge on any atom is 0.339 e. The van der Waals surface area contributed by atoms with Gasteiger partial charge < -0.3 is 33.9 Å². The fraction of sp³-hybridized carbons (Fsp3) is 0.643. The molecule has 2 N–H and O–H groups in total. The zero-order valence-electron chi connectivity index (χ0n) is 22.5. The molecule has 1 aliphatic carbocycles. The number of rotatable bonds is 8. The molecular formula is C28H37NO9. The zero-order valence-corrected chi connectivity index (χ0v) is 22.5. The lowest BCUT2D eigenvalue weighted by Crippen LogP contribution is -2.51. The molecule has 2 unspecified atom stereocenters. The number of nitrogens with zero attached hydrogens (tertiary/aromatic N) is 1. The molecule has 4 atom stereocenters. The maximum atomic E-state index is 13.7.